The van der Waals surface area contributed by atoms with Gasteiger partial charge in [-0.05, 0) is 17.7 Å². The quantitative estimate of drug-likeness (QED) is 0.901. The number of benzene rings is 1. The number of hydrogen-bond donors (Lipinski definition) is 1. The van der Waals surface area contributed by atoms with Crippen molar-refractivity contribution in [3.05, 3.63) is 34.3 Å². The van der Waals surface area contributed by atoms with Crippen molar-refractivity contribution < 1.29 is 13.2 Å². The van der Waals surface area contributed by atoms with Crippen LogP contribution in [0.5, 0.6) is 0 Å². The standard InChI is InChI=1S/C12H16BrNO3S/c1-17-7-12(14)10(11(12)18(2,15)16)8-3-5-9(13)6-4-8/h3-6,10-11H,7,14H2,1-2H3. The smallest absolute Gasteiger partial charge is 0.152 e. The molecule has 0 bridgehead atoms. The third-order valence-corrected chi connectivity index (χ3v) is 5.55. The second-order valence-electron chi connectivity index (χ2n) is 4.82. The van der Waals surface area contributed by atoms with E-state index >= 15 is 0 Å². The minimum Gasteiger partial charge on any atom is -0.383 e. The van der Waals surface area contributed by atoms with E-state index in [0.29, 0.717) is 0 Å². The highest BCUT2D eigenvalue weighted by molar-refractivity contribution is 9.10. The van der Waals surface area contributed by atoms with Crippen LogP contribution in [0.1, 0.15) is 11.5 Å². The van der Waals surface area contributed by atoms with Crippen LogP contribution in [0.25, 0.3) is 0 Å². The van der Waals surface area contributed by atoms with E-state index in [1.807, 2.05) is 24.3 Å². The van der Waals surface area contributed by atoms with E-state index in [2.05, 4.69) is 15.9 Å². The molecule has 100 valence electrons. The van der Waals surface area contributed by atoms with Gasteiger partial charge in [0.25, 0.3) is 0 Å². The van der Waals surface area contributed by atoms with Crippen molar-refractivity contribution in [1.82, 2.24) is 0 Å². The largest absolute Gasteiger partial charge is 0.383 e. The van der Waals surface area contributed by atoms with Crippen LogP contribution in [0, 0.1) is 0 Å². The van der Waals surface area contributed by atoms with Gasteiger partial charge in [0, 0.05) is 23.8 Å². The van der Waals surface area contributed by atoms with E-state index < -0.39 is 20.6 Å². The van der Waals surface area contributed by atoms with E-state index in [-0.39, 0.29) is 12.5 Å². The van der Waals surface area contributed by atoms with Crippen LogP contribution in [-0.4, -0.2) is 39.2 Å². The predicted octanol–water partition coefficient (Wildman–Crippen LogP) is 1.30. The fourth-order valence-corrected chi connectivity index (χ4v) is 4.75. The first-order valence-electron chi connectivity index (χ1n) is 5.53. The summed E-state index contributed by atoms with van der Waals surface area (Å²) in [6.45, 7) is 0.242. The zero-order valence-electron chi connectivity index (χ0n) is 10.3. The van der Waals surface area contributed by atoms with Gasteiger partial charge in [-0.2, -0.15) is 0 Å². The van der Waals surface area contributed by atoms with Gasteiger partial charge in [-0.25, -0.2) is 8.42 Å². The minimum absolute atomic E-state index is 0.194. The molecule has 1 fully saturated rings. The molecule has 4 nitrogen and oxygen atoms in total. The highest BCUT2D eigenvalue weighted by Crippen LogP contribution is 2.54. The maximum Gasteiger partial charge on any atom is 0.152 e. The van der Waals surface area contributed by atoms with Crippen LogP contribution >= 0.6 is 15.9 Å². The van der Waals surface area contributed by atoms with Crippen LogP contribution in [-0.2, 0) is 14.6 Å². The molecule has 18 heavy (non-hydrogen) atoms. The Hall–Kier alpha value is -0.430. The molecule has 2 N–H and O–H groups in total. The summed E-state index contributed by atoms with van der Waals surface area (Å²) in [7, 11) is -1.65. The summed E-state index contributed by atoms with van der Waals surface area (Å²) in [5, 5.41) is -0.564. The van der Waals surface area contributed by atoms with Crippen LogP contribution < -0.4 is 5.73 Å². The number of halogens is 1. The number of methoxy groups -OCH3 is 1. The van der Waals surface area contributed by atoms with Gasteiger partial charge in [0.1, 0.15) is 0 Å². The Kier molecular flexibility index (Phi) is 3.57. The van der Waals surface area contributed by atoms with Gasteiger partial charge in [0.15, 0.2) is 9.84 Å². The first-order valence-corrected chi connectivity index (χ1v) is 8.27. The van der Waals surface area contributed by atoms with Gasteiger partial charge >= 0.3 is 0 Å². The number of rotatable bonds is 4. The molecule has 1 aromatic carbocycles. The Balaban J connectivity index is 2.35. The molecule has 3 atom stereocenters. The highest BCUT2D eigenvalue weighted by atomic mass is 79.9. The third kappa shape index (κ3) is 2.34. The molecule has 0 radical (unpaired) electrons. The number of hydrogen-bond acceptors (Lipinski definition) is 4. The fourth-order valence-electron chi connectivity index (χ4n) is 2.65. The number of ether oxygens (including phenoxy) is 1. The van der Waals surface area contributed by atoms with Gasteiger partial charge in [-0.1, -0.05) is 28.1 Å². The Morgan fingerprint density at radius 2 is 1.94 bits per heavy atom. The van der Waals surface area contributed by atoms with Crippen molar-refractivity contribution in [3.63, 3.8) is 0 Å². The Morgan fingerprint density at radius 3 is 2.39 bits per heavy atom. The monoisotopic (exact) mass is 333 g/mol. The summed E-state index contributed by atoms with van der Waals surface area (Å²) >= 11 is 3.35. The van der Waals surface area contributed by atoms with E-state index in [4.69, 9.17) is 10.5 Å². The summed E-state index contributed by atoms with van der Waals surface area (Å²) in [4.78, 5) is 0. The second-order valence-corrected chi connectivity index (χ2v) is 7.91. The van der Waals surface area contributed by atoms with E-state index in [1.165, 1.54) is 13.4 Å². The molecule has 0 saturated heterocycles. The third-order valence-electron chi connectivity index (χ3n) is 3.39. The van der Waals surface area contributed by atoms with Crippen molar-refractivity contribution in [2.24, 2.45) is 5.73 Å². The average molecular weight is 334 g/mol. The van der Waals surface area contributed by atoms with Crippen molar-refractivity contribution in [1.29, 1.82) is 0 Å². The lowest BCUT2D eigenvalue weighted by atomic mass is 10.1. The normalized spacial score (nSPS) is 31.3. The molecule has 3 unspecified atom stereocenters. The first-order chi connectivity index (χ1) is 8.30. The zero-order valence-corrected chi connectivity index (χ0v) is 12.7. The Bertz CT molecular complexity index is 543. The molecule has 1 saturated carbocycles. The van der Waals surface area contributed by atoms with Crippen LogP contribution in [0.15, 0.2) is 28.7 Å². The van der Waals surface area contributed by atoms with E-state index in [0.717, 1.165) is 10.0 Å². The van der Waals surface area contributed by atoms with Gasteiger partial charge < -0.3 is 10.5 Å². The Morgan fingerprint density at radius 1 is 1.39 bits per heavy atom. The van der Waals surface area contributed by atoms with Gasteiger partial charge in [0.05, 0.1) is 17.4 Å². The molecule has 1 aliphatic carbocycles. The highest BCUT2D eigenvalue weighted by Gasteiger charge is 2.67. The summed E-state index contributed by atoms with van der Waals surface area (Å²) in [5.41, 5.74) is 6.31. The van der Waals surface area contributed by atoms with Crippen molar-refractivity contribution in [2.75, 3.05) is 20.0 Å². The maximum atomic E-state index is 11.8. The Labute approximate surface area is 116 Å². The maximum absolute atomic E-state index is 11.8. The topological polar surface area (TPSA) is 69.4 Å². The number of nitrogens with two attached hydrogens (primary N) is 1. The average Bonchev–Trinajstić information content (AvgIpc) is 2.86. The SMILES string of the molecule is COCC1(N)C(c2ccc(Br)cc2)C1S(C)(=O)=O. The van der Waals surface area contributed by atoms with E-state index in [1.54, 1.807) is 0 Å². The minimum atomic E-state index is -3.18. The molecular formula is C12H16BrNO3S. The summed E-state index contributed by atoms with van der Waals surface area (Å²) in [5.74, 6) is -0.194. The molecule has 0 amide bonds. The van der Waals surface area contributed by atoms with Crippen molar-refractivity contribution >= 4 is 25.8 Å². The first kappa shape index (κ1) is 14.0. The van der Waals surface area contributed by atoms with Gasteiger partial charge in [-0.3, -0.25) is 0 Å². The lowest BCUT2D eigenvalue weighted by Gasteiger charge is -2.10. The molecule has 1 aromatic rings. The molecule has 0 heterocycles. The number of sulfone groups is 1. The molecule has 0 spiro atoms. The second kappa shape index (κ2) is 4.59. The molecule has 0 aromatic heterocycles. The molecule has 1 aliphatic rings. The summed E-state index contributed by atoms with van der Waals surface area (Å²) in [6, 6.07) is 7.58. The van der Waals surface area contributed by atoms with Crippen LogP contribution in [0.2, 0.25) is 0 Å². The van der Waals surface area contributed by atoms with Crippen molar-refractivity contribution in [2.45, 2.75) is 16.7 Å². The summed E-state index contributed by atoms with van der Waals surface area (Å²) in [6.07, 6.45) is 1.23. The lowest BCUT2D eigenvalue weighted by Crippen LogP contribution is -2.35. The lowest BCUT2D eigenvalue weighted by molar-refractivity contribution is 0.171. The van der Waals surface area contributed by atoms with Crippen LogP contribution in [0.4, 0.5) is 0 Å². The van der Waals surface area contributed by atoms with Gasteiger partial charge in [0.2, 0.25) is 0 Å². The van der Waals surface area contributed by atoms with Crippen molar-refractivity contribution in [3.8, 4) is 0 Å². The molecule has 6 heteroatoms. The molecule has 0 aliphatic heterocycles. The zero-order chi connectivity index (χ0) is 13.6. The van der Waals surface area contributed by atoms with E-state index in [9.17, 15) is 8.42 Å². The van der Waals surface area contributed by atoms with Gasteiger partial charge in [-0.15, -0.1) is 0 Å². The van der Waals surface area contributed by atoms with Crippen LogP contribution in [0.3, 0.4) is 0 Å². The fraction of sp³-hybridized carbons (Fsp3) is 0.500. The molecule has 2 rings (SSSR count). The molecular weight excluding hydrogens is 318 g/mol. The summed E-state index contributed by atoms with van der Waals surface area (Å²) < 4.78 is 29.6. The predicted molar refractivity (Wildman–Crippen MR) is 74.3 cm³/mol.